The molecule has 0 rings (SSSR count). The summed E-state index contributed by atoms with van der Waals surface area (Å²) in [6.45, 7) is 0. The van der Waals surface area contributed by atoms with Gasteiger partial charge < -0.3 is 16.4 Å². The van der Waals surface area contributed by atoms with Crippen LogP contribution in [0.5, 0.6) is 0 Å². The van der Waals surface area contributed by atoms with Gasteiger partial charge in [-0.3, -0.25) is 0 Å². The molecule has 0 bridgehead atoms. The van der Waals surface area contributed by atoms with Gasteiger partial charge in [0.05, 0.1) is 0 Å². The topological polar surface area (TPSA) is 85.5 Å². The summed E-state index contributed by atoms with van der Waals surface area (Å²) >= 11 is 0. The molecule has 0 unspecified atom stereocenters. The molecule has 0 fully saturated rings. The Morgan fingerprint density at radius 3 is 0.444 bits per heavy atom. The van der Waals surface area contributed by atoms with Gasteiger partial charge in [0, 0.05) is 21.9 Å². The molecule has 0 aromatic rings. The summed E-state index contributed by atoms with van der Waals surface area (Å²) in [4.78, 5) is 0. The largest absolute Gasteiger partial charge is 2.00 e. The van der Waals surface area contributed by atoms with Crippen molar-refractivity contribution in [1.82, 2.24) is 0 Å². The standard InChI is InChI=1S/2Al.2Li.3O.2Si.2H/q2*+3;;;3*-2;;;;. The third kappa shape index (κ3) is 117. The summed E-state index contributed by atoms with van der Waals surface area (Å²) in [7, 11) is 0. The van der Waals surface area contributed by atoms with Crippen molar-refractivity contribution in [3.63, 3.8) is 0 Å². The first-order valence-electron chi connectivity index (χ1n) is 0. The second-order valence-electron chi connectivity index (χ2n) is 0. The fourth-order valence-corrected chi connectivity index (χ4v) is 0. The smallest absolute Gasteiger partial charge is 0 e. The van der Waals surface area contributed by atoms with E-state index in [1.807, 2.05) is 0 Å². The number of rotatable bonds is 0. The van der Waals surface area contributed by atoms with Crippen LogP contribution in [-0.2, 0) is 16.4 Å². The normalized spacial score (nSPS) is 0. The summed E-state index contributed by atoms with van der Waals surface area (Å²) in [5, 5.41) is 0. The molecule has 36 valence electrons. The molecule has 3 nitrogen and oxygen atoms in total. The van der Waals surface area contributed by atoms with Gasteiger partial charge in [-0.05, 0) is 0 Å². The van der Waals surface area contributed by atoms with Gasteiger partial charge in [0.2, 0.25) is 0 Å². The Balaban J connectivity index is 0. The maximum atomic E-state index is 0. The third-order valence-corrected chi connectivity index (χ3v) is 0. The predicted molar refractivity (Wildman–Crippen MR) is 39.4 cm³/mol. The van der Waals surface area contributed by atoms with Crippen molar-refractivity contribution in [2.24, 2.45) is 0 Å². The van der Waals surface area contributed by atoms with Crippen LogP contribution in [0.2, 0.25) is 0 Å². The first kappa shape index (κ1) is 195. The molecular formula is H2Al2Li2O3Si2. The zero-order chi connectivity index (χ0) is 0. The van der Waals surface area contributed by atoms with Crippen LogP contribution >= 0.6 is 0 Å². The van der Waals surface area contributed by atoms with Crippen LogP contribution in [0, 0.1) is 0 Å². The van der Waals surface area contributed by atoms with Crippen molar-refractivity contribution < 1.29 is 16.4 Å². The average Bonchev–Trinajstić information content (AvgIpc) is 0. The van der Waals surface area contributed by atoms with Crippen molar-refractivity contribution in [2.45, 2.75) is 0 Å². The molecule has 0 amide bonds. The van der Waals surface area contributed by atoms with Crippen LogP contribution in [0.25, 0.3) is 0 Å². The van der Waals surface area contributed by atoms with Gasteiger partial charge in [-0.1, -0.05) is 0 Å². The molecule has 0 aliphatic heterocycles. The van der Waals surface area contributed by atoms with E-state index in [1.165, 1.54) is 0 Å². The number of hydrogen-bond acceptors (Lipinski definition) is 0. The van der Waals surface area contributed by atoms with Crippen LogP contribution in [-0.4, -0.2) is 94.4 Å². The van der Waals surface area contributed by atoms with E-state index in [0.717, 1.165) is 0 Å². The molecule has 9 heteroatoms. The summed E-state index contributed by atoms with van der Waals surface area (Å²) in [5.41, 5.74) is 0. The Hall–Kier alpha value is 2.57. The maximum Gasteiger partial charge on any atom is 0 e. The van der Waals surface area contributed by atoms with Gasteiger partial charge in [-0.25, -0.2) is 0 Å². The van der Waals surface area contributed by atoms with Gasteiger partial charge in [0.25, 0.3) is 0 Å². The van der Waals surface area contributed by atoms with E-state index in [1.54, 1.807) is 0 Å². The van der Waals surface area contributed by atoms with E-state index < -0.39 is 0 Å². The van der Waals surface area contributed by atoms with E-state index in [4.69, 9.17) is 0 Å². The van der Waals surface area contributed by atoms with E-state index >= 15 is 0 Å². The molecule has 0 aliphatic rings. The van der Waals surface area contributed by atoms with Gasteiger partial charge in [-0.2, -0.15) is 0 Å². The van der Waals surface area contributed by atoms with Crippen molar-refractivity contribution >= 4 is 94.4 Å². The molecule has 0 aromatic heterocycles. The molecular weight excluding hydrogens is 172 g/mol. The Morgan fingerprint density at radius 1 is 0.444 bits per heavy atom. The minimum atomic E-state index is 0. The molecule has 0 N–H and O–H groups in total. The molecule has 0 aliphatic carbocycles. The van der Waals surface area contributed by atoms with Crippen molar-refractivity contribution in [1.29, 1.82) is 0 Å². The minimum absolute atomic E-state index is 0. The zero-order valence-electron chi connectivity index (χ0n) is 3.38. The third-order valence-electron chi connectivity index (χ3n) is 0. The van der Waals surface area contributed by atoms with E-state index in [-0.39, 0.29) is 111 Å². The van der Waals surface area contributed by atoms with Gasteiger partial charge in [0.1, 0.15) is 0 Å². The molecule has 0 atom stereocenters. The quantitative estimate of drug-likeness (QED) is 0.347. The second-order valence-corrected chi connectivity index (χ2v) is 0. The van der Waals surface area contributed by atoms with Crippen molar-refractivity contribution in [3.8, 4) is 0 Å². The first-order valence-corrected chi connectivity index (χ1v) is 0. The van der Waals surface area contributed by atoms with Gasteiger partial charge in [-0.15, -0.1) is 0 Å². The summed E-state index contributed by atoms with van der Waals surface area (Å²) in [6, 6.07) is 0. The maximum absolute atomic E-state index is 0. The molecule has 0 saturated heterocycles. The monoisotopic (exact) mass is 174 g/mol. The predicted octanol–water partition coefficient (Wildman–Crippen LogP) is -3.18. The van der Waals surface area contributed by atoms with Crippen molar-refractivity contribution in [3.05, 3.63) is 0 Å². The SMILES string of the molecule is [Al+3].[Al+3].[LiH].[LiH].[O-2].[O-2].[O-2].[Si].[Si]. The Kier molecular flexibility index (Phi) is 3180. The second kappa shape index (κ2) is 146. The first-order chi connectivity index (χ1) is 0. The molecule has 0 heterocycles. The van der Waals surface area contributed by atoms with E-state index in [2.05, 4.69) is 0 Å². The minimum Gasteiger partial charge on any atom is -2.00 e. The molecule has 9 heavy (non-hydrogen) atoms. The average molecular weight is 174 g/mol. The Bertz CT molecular complexity index is 17.8. The van der Waals surface area contributed by atoms with Crippen LogP contribution in [0.4, 0.5) is 0 Å². The Morgan fingerprint density at radius 2 is 0.444 bits per heavy atom. The Labute approximate surface area is 110 Å². The fraction of sp³-hybridized carbons (Fsp3) is 0. The molecule has 0 saturated carbocycles. The van der Waals surface area contributed by atoms with Crippen LogP contribution < -0.4 is 0 Å². The van der Waals surface area contributed by atoms with Crippen LogP contribution in [0.3, 0.4) is 0 Å². The molecule has 0 spiro atoms. The summed E-state index contributed by atoms with van der Waals surface area (Å²) in [5.74, 6) is 0. The van der Waals surface area contributed by atoms with Gasteiger partial charge >= 0.3 is 72.4 Å². The van der Waals surface area contributed by atoms with Crippen LogP contribution in [0.1, 0.15) is 0 Å². The fourth-order valence-electron chi connectivity index (χ4n) is 0. The summed E-state index contributed by atoms with van der Waals surface area (Å²) in [6.07, 6.45) is 0. The van der Waals surface area contributed by atoms with E-state index in [9.17, 15) is 0 Å². The molecule has 8 radical (unpaired) electrons. The van der Waals surface area contributed by atoms with Gasteiger partial charge in [0.15, 0.2) is 0 Å². The van der Waals surface area contributed by atoms with Crippen LogP contribution in [0.15, 0.2) is 0 Å². The zero-order valence-corrected chi connectivity index (χ0v) is 7.69. The molecule has 0 aromatic carbocycles. The van der Waals surface area contributed by atoms with Crippen molar-refractivity contribution in [2.75, 3.05) is 0 Å². The summed E-state index contributed by atoms with van der Waals surface area (Å²) < 4.78 is 0. The number of hydrogen-bond donors (Lipinski definition) is 0. The van der Waals surface area contributed by atoms with E-state index in [0.29, 0.717) is 0 Å².